The van der Waals surface area contributed by atoms with Gasteiger partial charge in [-0.1, -0.05) is 18.2 Å². The zero-order valence-corrected chi connectivity index (χ0v) is 9.41. The molecule has 0 saturated carbocycles. The number of aromatic nitrogens is 2. The van der Waals surface area contributed by atoms with E-state index in [1.165, 1.54) is 0 Å². The highest BCUT2D eigenvalue weighted by molar-refractivity contribution is 6.15. The van der Waals surface area contributed by atoms with Crippen molar-refractivity contribution < 1.29 is 0 Å². The number of hydrazine groups is 1. The van der Waals surface area contributed by atoms with Crippen molar-refractivity contribution in [1.82, 2.24) is 10.2 Å². The number of rotatable bonds is 0. The quantitative estimate of drug-likeness (QED) is 0.761. The molecule has 0 unspecified atom stereocenters. The van der Waals surface area contributed by atoms with Crippen LogP contribution in [0.15, 0.2) is 47.6 Å². The highest BCUT2D eigenvalue weighted by Gasteiger charge is 2.23. The van der Waals surface area contributed by atoms with E-state index in [2.05, 4.69) is 32.7 Å². The number of aliphatic imine (C=N–C) groups is 1. The molecule has 0 bridgehead atoms. The molecule has 4 rings (SSSR count). The van der Waals surface area contributed by atoms with Gasteiger partial charge in [-0.3, -0.25) is 5.43 Å². The minimum absolute atomic E-state index is 0.618. The standard InChI is InChI=1S/C13H9N5/c1-2-4-11-9(3-1)5-6-12-15-13-10(17-18(11)12)7-8-14-16-13/h1-8,17H. The Kier molecular flexibility index (Phi) is 1.77. The molecule has 5 heteroatoms. The molecule has 0 amide bonds. The van der Waals surface area contributed by atoms with Gasteiger partial charge in [-0.15, -0.1) is 5.10 Å². The lowest BCUT2D eigenvalue weighted by atomic mass is 10.1. The third-order valence-electron chi connectivity index (χ3n) is 2.97. The Morgan fingerprint density at radius 1 is 1.06 bits per heavy atom. The van der Waals surface area contributed by atoms with Crippen molar-refractivity contribution in [2.75, 3.05) is 10.4 Å². The van der Waals surface area contributed by atoms with Crippen molar-refractivity contribution in [3.63, 3.8) is 0 Å². The number of hydrogen-bond donors (Lipinski definition) is 1. The summed E-state index contributed by atoms with van der Waals surface area (Å²) in [6.07, 6.45) is 5.67. The van der Waals surface area contributed by atoms with Crippen LogP contribution in [0, 0.1) is 0 Å². The lowest BCUT2D eigenvalue weighted by Crippen LogP contribution is -2.39. The van der Waals surface area contributed by atoms with E-state index in [0.29, 0.717) is 5.82 Å². The van der Waals surface area contributed by atoms with Crippen LogP contribution < -0.4 is 10.4 Å². The second-order valence-corrected chi connectivity index (χ2v) is 4.08. The molecule has 2 aromatic rings. The normalized spacial score (nSPS) is 15.1. The number of amidine groups is 1. The molecular weight excluding hydrogens is 226 g/mol. The number of anilines is 2. The van der Waals surface area contributed by atoms with Gasteiger partial charge in [0.1, 0.15) is 5.69 Å². The Morgan fingerprint density at radius 3 is 3.00 bits per heavy atom. The highest BCUT2D eigenvalue weighted by Crippen LogP contribution is 2.33. The van der Waals surface area contributed by atoms with E-state index in [1.54, 1.807) is 6.20 Å². The number of nitrogens with zero attached hydrogens (tertiary/aromatic N) is 4. The van der Waals surface area contributed by atoms with E-state index < -0.39 is 0 Å². The molecule has 86 valence electrons. The van der Waals surface area contributed by atoms with Gasteiger partial charge in [-0.2, -0.15) is 5.10 Å². The van der Waals surface area contributed by atoms with E-state index in [4.69, 9.17) is 0 Å². The third kappa shape index (κ3) is 1.24. The first-order valence-electron chi connectivity index (χ1n) is 5.66. The van der Waals surface area contributed by atoms with Crippen LogP contribution in [0.2, 0.25) is 0 Å². The minimum atomic E-state index is 0.618. The largest absolute Gasteiger partial charge is 0.288 e. The fraction of sp³-hybridized carbons (Fsp3) is 0. The predicted molar refractivity (Wildman–Crippen MR) is 70.7 cm³/mol. The Labute approximate surface area is 103 Å². The van der Waals surface area contributed by atoms with Gasteiger partial charge in [0.05, 0.1) is 11.9 Å². The van der Waals surface area contributed by atoms with E-state index >= 15 is 0 Å². The molecule has 2 aliphatic rings. The first-order valence-corrected chi connectivity index (χ1v) is 5.66. The fourth-order valence-electron chi connectivity index (χ4n) is 2.12. The van der Waals surface area contributed by atoms with E-state index in [0.717, 1.165) is 22.8 Å². The van der Waals surface area contributed by atoms with E-state index in [1.807, 2.05) is 35.4 Å². The Balaban J connectivity index is 1.91. The third-order valence-corrected chi connectivity index (χ3v) is 2.97. The second kappa shape index (κ2) is 3.40. The van der Waals surface area contributed by atoms with Gasteiger partial charge < -0.3 is 0 Å². The van der Waals surface area contributed by atoms with Gasteiger partial charge in [-0.25, -0.2) is 10.0 Å². The summed E-state index contributed by atoms with van der Waals surface area (Å²) in [7, 11) is 0. The molecule has 1 aromatic heterocycles. The van der Waals surface area contributed by atoms with Crippen LogP contribution in [0.4, 0.5) is 17.2 Å². The smallest absolute Gasteiger partial charge is 0.201 e. The van der Waals surface area contributed by atoms with Crippen molar-refractivity contribution in [3.8, 4) is 0 Å². The predicted octanol–water partition coefficient (Wildman–Crippen LogP) is 2.38. The number of benzene rings is 1. The van der Waals surface area contributed by atoms with Crippen LogP contribution in [0.25, 0.3) is 6.08 Å². The average molecular weight is 235 g/mol. The van der Waals surface area contributed by atoms with Gasteiger partial charge >= 0.3 is 0 Å². The van der Waals surface area contributed by atoms with Gasteiger partial charge in [0.25, 0.3) is 0 Å². The first kappa shape index (κ1) is 9.35. The van der Waals surface area contributed by atoms with Crippen molar-refractivity contribution in [1.29, 1.82) is 0 Å². The maximum absolute atomic E-state index is 4.49. The van der Waals surface area contributed by atoms with Crippen molar-refractivity contribution in [2.24, 2.45) is 4.99 Å². The van der Waals surface area contributed by atoms with Gasteiger partial charge in [0, 0.05) is 5.56 Å². The summed E-state index contributed by atoms with van der Waals surface area (Å²) in [5.74, 6) is 1.44. The lowest BCUT2D eigenvalue weighted by molar-refractivity contribution is 1.00. The fourth-order valence-corrected chi connectivity index (χ4v) is 2.12. The maximum Gasteiger partial charge on any atom is 0.201 e. The zero-order chi connectivity index (χ0) is 11.9. The molecule has 5 nitrogen and oxygen atoms in total. The molecule has 0 radical (unpaired) electrons. The Morgan fingerprint density at radius 2 is 2.00 bits per heavy atom. The molecule has 2 aliphatic heterocycles. The molecule has 0 fully saturated rings. The van der Waals surface area contributed by atoms with Crippen LogP contribution in [-0.4, -0.2) is 16.0 Å². The van der Waals surface area contributed by atoms with Crippen molar-refractivity contribution in [3.05, 3.63) is 48.2 Å². The zero-order valence-electron chi connectivity index (χ0n) is 9.41. The molecule has 0 saturated heterocycles. The number of fused-ring (bicyclic) bond motifs is 4. The van der Waals surface area contributed by atoms with Crippen LogP contribution in [0.3, 0.4) is 0 Å². The number of para-hydroxylation sites is 1. The topological polar surface area (TPSA) is 53.4 Å². The minimum Gasteiger partial charge on any atom is -0.288 e. The molecule has 1 N–H and O–H groups in total. The molecule has 0 spiro atoms. The molecule has 0 aliphatic carbocycles. The molecular formula is C13H9N5. The van der Waals surface area contributed by atoms with Crippen LogP contribution in [0.1, 0.15) is 5.56 Å². The van der Waals surface area contributed by atoms with Gasteiger partial charge in [0.2, 0.25) is 5.82 Å². The van der Waals surface area contributed by atoms with Crippen LogP contribution >= 0.6 is 0 Å². The van der Waals surface area contributed by atoms with Crippen molar-refractivity contribution >= 4 is 29.1 Å². The summed E-state index contributed by atoms with van der Waals surface area (Å²) in [6.45, 7) is 0. The van der Waals surface area contributed by atoms with Crippen molar-refractivity contribution in [2.45, 2.75) is 0 Å². The lowest BCUT2D eigenvalue weighted by Gasteiger charge is -2.32. The molecule has 1 aromatic carbocycles. The van der Waals surface area contributed by atoms with Gasteiger partial charge in [-0.05, 0) is 24.3 Å². The maximum atomic E-state index is 4.49. The van der Waals surface area contributed by atoms with Crippen LogP contribution in [-0.2, 0) is 0 Å². The molecule has 3 heterocycles. The van der Waals surface area contributed by atoms with E-state index in [9.17, 15) is 0 Å². The summed E-state index contributed by atoms with van der Waals surface area (Å²) < 4.78 is 0. The summed E-state index contributed by atoms with van der Waals surface area (Å²) in [5, 5.41) is 9.80. The Hall–Kier alpha value is -2.69. The highest BCUT2D eigenvalue weighted by atomic mass is 15.6. The first-order chi connectivity index (χ1) is 8.92. The monoisotopic (exact) mass is 235 g/mol. The van der Waals surface area contributed by atoms with E-state index in [-0.39, 0.29) is 0 Å². The van der Waals surface area contributed by atoms with Gasteiger partial charge in [0.15, 0.2) is 5.84 Å². The summed E-state index contributed by atoms with van der Waals surface area (Å²) >= 11 is 0. The average Bonchev–Trinajstić information content (AvgIpc) is 2.45. The summed E-state index contributed by atoms with van der Waals surface area (Å²) in [6, 6.07) is 10.0. The summed E-state index contributed by atoms with van der Waals surface area (Å²) in [5.41, 5.74) is 6.41. The number of hydrogen-bond acceptors (Lipinski definition) is 5. The van der Waals surface area contributed by atoms with Crippen LogP contribution in [0.5, 0.6) is 0 Å². The summed E-state index contributed by atoms with van der Waals surface area (Å²) in [4.78, 5) is 4.49. The second-order valence-electron chi connectivity index (χ2n) is 4.08. The Bertz CT molecular complexity index is 689. The SMILES string of the molecule is C1=Cc2ccccc2N2Nc3ccnnc3N=C12. The number of nitrogens with one attached hydrogen (secondary N) is 1. The molecule has 18 heavy (non-hydrogen) atoms. The molecule has 0 atom stereocenters.